The molecule has 0 amide bonds. The summed E-state index contributed by atoms with van der Waals surface area (Å²) in [6.45, 7) is 6.05. The van der Waals surface area contributed by atoms with E-state index in [1.807, 2.05) is 6.92 Å². The number of nitrogens with zero attached hydrogens (tertiary/aromatic N) is 1. The van der Waals surface area contributed by atoms with E-state index in [0.717, 1.165) is 4.88 Å². The number of esters is 1. The Kier molecular flexibility index (Phi) is 3.64. The fraction of sp³-hybridized carbons (Fsp3) is 0.333. The lowest BCUT2D eigenvalue weighted by Gasteiger charge is -1.95. The van der Waals surface area contributed by atoms with Crippen LogP contribution in [0.5, 0.6) is 0 Å². The molecule has 5 heteroatoms. The Morgan fingerprint density at radius 3 is 3.07 bits per heavy atom. The fourth-order valence-electron chi connectivity index (χ4n) is 0.918. The monoisotopic (exact) mass is 212 g/mol. The van der Waals surface area contributed by atoms with Gasteiger partial charge >= 0.3 is 5.97 Å². The summed E-state index contributed by atoms with van der Waals surface area (Å²) in [5.74, 6) is -0.398. The number of aromatic nitrogens is 1. The van der Waals surface area contributed by atoms with Gasteiger partial charge in [-0.25, -0.2) is 9.78 Å². The number of carbonyl (C=O) groups excluding carboxylic acids is 1. The van der Waals surface area contributed by atoms with Gasteiger partial charge in [0.1, 0.15) is 0 Å². The van der Waals surface area contributed by atoms with Crippen molar-refractivity contribution in [2.75, 3.05) is 19.0 Å². The lowest BCUT2D eigenvalue weighted by atomic mass is 10.4. The van der Waals surface area contributed by atoms with Crippen LogP contribution in [0.3, 0.4) is 0 Å². The highest BCUT2D eigenvalue weighted by molar-refractivity contribution is 7.15. The van der Waals surface area contributed by atoms with Crippen molar-refractivity contribution in [3.05, 3.63) is 23.2 Å². The molecule has 1 rings (SSSR count). The zero-order chi connectivity index (χ0) is 10.6. The van der Waals surface area contributed by atoms with Crippen LogP contribution in [0.4, 0.5) is 5.13 Å². The average Bonchev–Trinajstić information content (AvgIpc) is 2.55. The predicted molar refractivity (Wildman–Crippen MR) is 56.9 cm³/mol. The number of nitrogens with one attached hydrogen (secondary N) is 1. The Morgan fingerprint density at radius 1 is 1.79 bits per heavy atom. The Labute approximate surface area is 86.6 Å². The molecule has 0 aliphatic carbocycles. The van der Waals surface area contributed by atoms with Crippen molar-refractivity contribution in [1.82, 2.24) is 4.98 Å². The quantitative estimate of drug-likeness (QED) is 0.611. The summed E-state index contributed by atoms with van der Waals surface area (Å²) in [5, 5.41) is 3.73. The molecule has 0 spiro atoms. The molecule has 0 saturated heterocycles. The molecule has 0 unspecified atom stereocenters. The summed E-state index contributed by atoms with van der Waals surface area (Å²) < 4.78 is 4.59. The van der Waals surface area contributed by atoms with E-state index in [0.29, 0.717) is 17.4 Å². The number of anilines is 1. The molecule has 0 aromatic carbocycles. The molecule has 4 nitrogen and oxygen atoms in total. The molecule has 0 atom stereocenters. The zero-order valence-corrected chi connectivity index (χ0v) is 8.98. The Morgan fingerprint density at radius 2 is 2.50 bits per heavy atom. The van der Waals surface area contributed by atoms with Crippen molar-refractivity contribution in [1.29, 1.82) is 0 Å². The summed E-state index contributed by atoms with van der Waals surface area (Å²) in [6.07, 6.45) is 1.73. The molecule has 1 aromatic rings. The third-order valence-corrected chi connectivity index (χ3v) is 2.50. The molecular weight excluding hydrogens is 200 g/mol. The Balaban J connectivity index is 2.81. The van der Waals surface area contributed by atoms with E-state index in [1.54, 1.807) is 6.08 Å². The minimum atomic E-state index is -0.398. The van der Waals surface area contributed by atoms with Gasteiger partial charge in [-0.2, -0.15) is 0 Å². The van der Waals surface area contributed by atoms with Gasteiger partial charge in [0.05, 0.1) is 7.11 Å². The topological polar surface area (TPSA) is 51.2 Å². The molecule has 0 aliphatic heterocycles. The van der Waals surface area contributed by atoms with Gasteiger partial charge in [0.25, 0.3) is 0 Å². The highest BCUT2D eigenvalue weighted by Gasteiger charge is 2.14. The molecule has 1 aromatic heterocycles. The van der Waals surface area contributed by atoms with Crippen molar-refractivity contribution in [2.24, 2.45) is 0 Å². The van der Waals surface area contributed by atoms with Crippen LogP contribution in [0.1, 0.15) is 15.4 Å². The number of methoxy groups -OCH3 is 1. The zero-order valence-electron chi connectivity index (χ0n) is 8.16. The largest absolute Gasteiger partial charge is 0.464 e. The normalized spacial score (nSPS) is 9.57. The number of hydrogen-bond donors (Lipinski definition) is 1. The number of ether oxygens (including phenoxy) is 1. The van der Waals surface area contributed by atoms with Crippen LogP contribution in [0, 0.1) is 6.92 Å². The second-order valence-corrected chi connectivity index (χ2v) is 3.79. The van der Waals surface area contributed by atoms with Crippen molar-refractivity contribution in [3.8, 4) is 0 Å². The van der Waals surface area contributed by atoms with Crippen LogP contribution in [-0.2, 0) is 4.74 Å². The first-order chi connectivity index (χ1) is 6.69. The minimum absolute atomic E-state index is 0.379. The molecule has 0 fully saturated rings. The van der Waals surface area contributed by atoms with Gasteiger partial charge in [-0.1, -0.05) is 6.08 Å². The predicted octanol–water partition coefficient (Wildman–Crippen LogP) is 1.84. The average molecular weight is 212 g/mol. The van der Waals surface area contributed by atoms with E-state index in [1.165, 1.54) is 18.4 Å². The van der Waals surface area contributed by atoms with Gasteiger partial charge in [-0.15, -0.1) is 17.9 Å². The number of carbonyl (C=O) groups is 1. The SMILES string of the molecule is C=CCNc1nc(C(=O)OC)c(C)s1. The molecule has 0 bridgehead atoms. The fourth-order valence-corrected chi connectivity index (χ4v) is 1.73. The van der Waals surface area contributed by atoms with Crippen molar-refractivity contribution in [2.45, 2.75) is 6.92 Å². The Hall–Kier alpha value is -1.36. The Bertz CT molecular complexity index is 347. The van der Waals surface area contributed by atoms with Crippen molar-refractivity contribution >= 4 is 22.4 Å². The summed E-state index contributed by atoms with van der Waals surface area (Å²) in [5.41, 5.74) is 0.379. The second kappa shape index (κ2) is 4.76. The van der Waals surface area contributed by atoms with Crippen LogP contribution in [0.15, 0.2) is 12.7 Å². The maximum absolute atomic E-state index is 11.2. The maximum Gasteiger partial charge on any atom is 0.357 e. The first kappa shape index (κ1) is 10.7. The van der Waals surface area contributed by atoms with Crippen LogP contribution < -0.4 is 5.32 Å². The highest BCUT2D eigenvalue weighted by atomic mass is 32.1. The van der Waals surface area contributed by atoms with Crippen LogP contribution >= 0.6 is 11.3 Å². The molecule has 1 N–H and O–H groups in total. The van der Waals surface area contributed by atoms with Crippen LogP contribution in [0.25, 0.3) is 0 Å². The van der Waals surface area contributed by atoms with Crippen LogP contribution in [-0.4, -0.2) is 24.6 Å². The van der Waals surface area contributed by atoms with Gasteiger partial charge in [0, 0.05) is 11.4 Å². The van der Waals surface area contributed by atoms with E-state index in [2.05, 4.69) is 21.6 Å². The summed E-state index contributed by atoms with van der Waals surface area (Å²) in [6, 6.07) is 0. The van der Waals surface area contributed by atoms with Crippen molar-refractivity contribution < 1.29 is 9.53 Å². The summed E-state index contributed by atoms with van der Waals surface area (Å²) >= 11 is 1.43. The van der Waals surface area contributed by atoms with Gasteiger partial charge in [0.15, 0.2) is 10.8 Å². The van der Waals surface area contributed by atoms with E-state index in [9.17, 15) is 4.79 Å². The third kappa shape index (κ3) is 2.32. The van der Waals surface area contributed by atoms with E-state index < -0.39 is 5.97 Å². The first-order valence-electron chi connectivity index (χ1n) is 4.09. The molecule has 14 heavy (non-hydrogen) atoms. The molecular formula is C9H12N2O2S. The van der Waals surface area contributed by atoms with E-state index in [4.69, 9.17) is 0 Å². The molecule has 0 saturated carbocycles. The minimum Gasteiger partial charge on any atom is -0.464 e. The van der Waals surface area contributed by atoms with Gasteiger partial charge < -0.3 is 10.1 Å². The first-order valence-corrected chi connectivity index (χ1v) is 4.91. The van der Waals surface area contributed by atoms with Crippen molar-refractivity contribution in [3.63, 3.8) is 0 Å². The molecule has 76 valence electrons. The maximum atomic E-state index is 11.2. The van der Waals surface area contributed by atoms with E-state index in [-0.39, 0.29) is 0 Å². The summed E-state index contributed by atoms with van der Waals surface area (Å²) in [7, 11) is 1.35. The molecule has 0 radical (unpaired) electrons. The van der Waals surface area contributed by atoms with Gasteiger partial charge in [0.2, 0.25) is 0 Å². The standard InChI is InChI=1S/C9H12N2O2S/c1-4-5-10-9-11-7(6(2)14-9)8(12)13-3/h4H,1,5H2,2-3H3,(H,10,11). The number of hydrogen-bond acceptors (Lipinski definition) is 5. The van der Waals surface area contributed by atoms with Gasteiger partial charge in [-0.05, 0) is 6.92 Å². The number of rotatable bonds is 4. The lowest BCUT2D eigenvalue weighted by molar-refractivity contribution is 0.0594. The number of aryl methyl sites for hydroxylation is 1. The smallest absolute Gasteiger partial charge is 0.357 e. The van der Waals surface area contributed by atoms with Crippen LogP contribution in [0.2, 0.25) is 0 Å². The van der Waals surface area contributed by atoms with E-state index >= 15 is 0 Å². The highest BCUT2D eigenvalue weighted by Crippen LogP contribution is 2.22. The number of thiazole rings is 1. The summed E-state index contributed by atoms with van der Waals surface area (Å²) in [4.78, 5) is 16.1. The third-order valence-electron chi connectivity index (χ3n) is 1.57. The molecule has 1 heterocycles. The lowest BCUT2D eigenvalue weighted by Crippen LogP contribution is -2.04. The molecule has 0 aliphatic rings. The van der Waals surface area contributed by atoms with Gasteiger partial charge in [-0.3, -0.25) is 0 Å². The second-order valence-electron chi connectivity index (χ2n) is 2.58.